The molecule has 36 heavy (non-hydrogen) atoms. The van der Waals surface area contributed by atoms with Crippen LogP contribution in [0.2, 0.25) is 0 Å². The highest BCUT2D eigenvalue weighted by atomic mass is 19.4. The number of hydrogen-bond acceptors (Lipinski definition) is 7. The van der Waals surface area contributed by atoms with Crippen LogP contribution in [0.25, 0.3) is 16.9 Å². The zero-order valence-electron chi connectivity index (χ0n) is 18.9. The van der Waals surface area contributed by atoms with Crippen molar-refractivity contribution in [3.63, 3.8) is 0 Å². The van der Waals surface area contributed by atoms with E-state index in [1.54, 1.807) is 41.1 Å². The van der Waals surface area contributed by atoms with Gasteiger partial charge in [0.1, 0.15) is 17.9 Å². The molecule has 1 saturated heterocycles. The number of aromatic nitrogens is 4. The fourth-order valence-electron chi connectivity index (χ4n) is 4.31. The number of alkyl halides is 3. The predicted molar refractivity (Wildman–Crippen MR) is 126 cm³/mol. The standard InChI is InChI=1S/C25H21F3N6O2/c26-25(27,28)18-6-9-30-21(14-18)36-19-4-2-16(3-5-19)23-32-22(20-7-10-31-24(29)34(20)23)17-8-12-33(15-17)11-1-13-35/h1-7,9-11,13-14,17H,8,12,15H2,(H2,29,31)/t17-/m0/s1. The fraction of sp³-hybridized carbons (Fsp3) is 0.200. The van der Waals surface area contributed by atoms with Gasteiger partial charge in [-0.1, -0.05) is 0 Å². The molecule has 4 heterocycles. The predicted octanol–water partition coefficient (Wildman–Crippen LogP) is 4.69. The molecule has 0 saturated carbocycles. The van der Waals surface area contributed by atoms with Gasteiger partial charge >= 0.3 is 6.18 Å². The van der Waals surface area contributed by atoms with Crippen molar-refractivity contribution in [1.29, 1.82) is 0 Å². The van der Waals surface area contributed by atoms with E-state index in [-0.39, 0.29) is 17.7 Å². The Kier molecular flexibility index (Phi) is 6.05. The molecule has 0 unspecified atom stereocenters. The van der Waals surface area contributed by atoms with Gasteiger partial charge in [0.2, 0.25) is 11.8 Å². The summed E-state index contributed by atoms with van der Waals surface area (Å²) in [6.07, 6.45) is 3.07. The van der Waals surface area contributed by atoms with Gasteiger partial charge in [-0.3, -0.25) is 9.20 Å². The van der Waals surface area contributed by atoms with Gasteiger partial charge in [-0.05, 0) is 48.9 Å². The van der Waals surface area contributed by atoms with Crippen molar-refractivity contribution in [2.75, 3.05) is 18.8 Å². The van der Waals surface area contributed by atoms with Crippen molar-refractivity contribution in [1.82, 2.24) is 24.3 Å². The Morgan fingerprint density at radius 3 is 2.61 bits per heavy atom. The summed E-state index contributed by atoms with van der Waals surface area (Å²) in [6.45, 7) is 1.52. The van der Waals surface area contributed by atoms with Crippen LogP contribution in [-0.2, 0) is 11.0 Å². The number of imidazole rings is 1. The molecule has 0 aliphatic carbocycles. The molecule has 1 fully saturated rings. The number of carbonyl (C=O) groups is 1. The second-order valence-corrected chi connectivity index (χ2v) is 8.31. The van der Waals surface area contributed by atoms with Gasteiger partial charge < -0.3 is 15.4 Å². The van der Waals surface area contributed by atoms with Crippen molar-refractivity contribution < 1.29 is 22.7 Å². The lowest BCUT2D eigenvalue weighted by Gasteiger charge is -2.11. The maximum absolute atomic E-state index is 13.0. The lowest BCUT2D eigenvalue weighted by molar-refractivity contribution is -0.137. The van der Waals surface area contributed by atoms with Crippen LogP contribution >= 0.6 is 0 Å². The Morgan fingerprint density at radius 1 is 1.08 bits per heavy atom. The Balaban J connectivity index is 1.44. The van der Waals surface area contributed by atoms with Gasteiger partial charge in [-0.2, -0.15) is 13.2 Å². The zero-order chi connectivity index (χ0) is 25.3. The Morgan fingerprint density at radius 2 is 1.86 bits per heavy atom. The number of pyridine rings is 1. The van der Waals surface area contributed by atoms with E-state index in [2.05, 4.69) is 14.9 Å². The van der Waals surface area contributed by atoms with Crippen LogP contribution in [0.15, 0.2) is 67.1 Å². The van der Waals surface area contributed by atoms with E-state index in [1.807, 2.05) is 6.07 Å². The number of likely N-dealkylation sites (tertiary alicyclic amines) is 1. The summed E-state index contributed by atoms with van der Waals surface area (Å²) in [7, 11) is 0. The molecule has 1 atom stereocenters. The Hall–Kier alpha value is -4.41. The molecule has 1 aromatic carbocycles. The number of benzene rings is 1. The first-order chi connectivity index (χ1) is 17.3. The molecule has 0 bridgehead atoms. The maximum Gasteiger partial charge on any atom is 0.416 e. The lowest BCUT2D eigenvalue weighted by Crippen LogP contribution is -2.13. The van der Waals surface area contributed by atoms with Gasteiger partial charge in [0, 0.05) is 49.2 Å². The van der Waals surface area contributed by atoms with Crippen molar-refractivity contribution in [2.45, 2.75) is 18.5 Å². The maximum atomic E-state index is 13.0. The summed E-state index contributed by atoms with van der Waals surface area (Å²) >= 11 is 0. The van der Waals surface area contributed by atoms with E-state index in [9.17, 15) is 18.0 Å². The second-order valence-electron chi connectivity index (χ2n) is 8.31. The van der Waals surface area contributed by atoms with Crippen LogP contribution in [0.1, 0.15) is 23.6 Å². The smallest absolute Gasteiger partial charge is 0.416 e. The minimum atomic E-state index is -4.49. The Bertz CT molecular complexity index is 1430. The number of allylic oxidation sites excluding steroid dienone is 1. The minimum absolute atomic E-state index is 0.140. The number of carbonyl (C=O) groups excluding carboxylic acids is 1. The molecular formula is C25H21F3N6O2. The van der Waals surface area contributed by atoms with E-state index in [0.717, 1.165) is 60.9 Å². The SMILES string of the molecule is Nc1nccc2c([C@H]3CCN(C=CC=O)C3)nc(-c3ccc(Oc4cc(C(F)(F)F)ccn4)cc3)n12. The molecule has 0 amide bonds. The van der Waals surface area contributed by atoms with E-state index in [4.69, 9.17) is 15.5 Å². The third kappa shape index (κ3) is 4.59. The van der Waals surface area contributed by atoms with Crippen LogP contribution in [0, 0.1) is 0 Å². The second kappa shape index (κ2) is 9.33. The van der Waals surface area contributed by atoms with E-state index in [0.29, 0.717) is 11.6 Å². The van der Waals surface area contributed by atoms with Crippen molar-refractivity contribution in [3.05, 3.63) is 78.4 Å². The van der Waals surface area contributed by atoms with Crippen molar-refractivity contribution in [3.8, 4) is 23.0 Å². The average molecular weight is 494 g/mol. The molecule has 2 N–H and O–H groups in total. The molecular weight excluding hydrogens is 473 g/mol. The number of aldehydes is 1. The highest BCUT2D eigenvalue weighted by Crippen LogP contribution is 2.35. The summed E-state index contributed by atoms with van der Waals surface area (Å²) in [5.74, 6) is 1.18. The topological polar surface area (TPSA) is 98.6 Å². The van der Waals surface area contributed by atoms with Gasteiger partial charge in [-0.25, -0.2) is 15.0 Å². The summed E-state index contributed by atoms with van der Waals surface area (Å²) in [5, 5.41) is 0. The highest BCUT2D eigenvalue weighted by Gasteiger charge is 2.31. The number of fused-ring (bicyclic) bond motifs is 1. The normalized spacial score (nSPS) is 16.2. The number of nitrogen functional groups attached to an aromatic ring is 1. The number of ether oxygens (including phenoxy) is 1. The van der Waals surface area contributed by atoms with E-state index in [1.165, 1.54) is 6.08 Å². The molecule has 184 valence electrons. The van der Waals surface area contributed by atoms with Gasteiger partial charge in [-0.15, -0.1) is 0 Å². The number of halogens is 3. The summed E-state index contributed by atoms with van der Waals surface area (Å²) in [5.41, 5.74) is 7.83. The first-order valence-corrected chi connectivity index (χ1v) is 11.1. The van der Waals surface area contributed by atoms with Crippen LogP contribution in [-0.4, -0.2) is 43.6 Å². The third-order valence-electron chi connectivity index (χ3n) is 5.99. The quantitative estimate of drug-likeness (QED) is 0.307. The van der Waals surface area contributed by atoms with Crippen molar-refractivity contribution >= 4 is 17.8 Å². The molecule has 8 nitrogen and oxygen atoms in total. The number of hydrogen-bond donors (Lipinski definition) is 1. The number of nitrogens with zero attached hydrogens (tertiary/aromatic N) is 5. The van der Waals surface area contributed by atoms with E-state index >= 15 is 0 Å². The Labute approximate surface area is 203 Å². The highest BCUT2D eigenvalue weighted by molar-refractivity contribution is 5.69. The molecule has 1 aliphatic rings. The molecule has 0 spiro atoms. The number of anilines is 1. The summed E-state index contributed by atoms with van der Waals surface area (Å²) < 4.78 is 46.2. The largest absolute Gasteiger partial charge is 0.439 e. The molecule has 4 aromatic rings. The molecule has 0 radical (unpaired) electrons. The van der Waals surface area contributed by atoms with Gasteiger partial charge in [0.25, 0.3) is 0 Å². The molecule has 5 rings (SSSR count). The summed E-state index contributed by atoms with van der Waals surface area (Å²) in [6, 6.07) is 10.4. The van der Waals surface area contributed by atoms with Crippen LogP contribution in [0.3, 0.4) is 0 Å². The molecule has 11 heteroatoms. The summed E-state index contributed by atoms with van der Waals surface area (Å²) in [4.78, 5) is 25.7. The van der Waals surface area contributed by atoms with Crippen LogP contribution in [0.4, 0.5) is 19.1 Å². The van der Waals surface area contributed by atoms with Crippen molar-refractivity contribution in [2.24, 2.45) is 0 Å². The third-order valence-corrected chi connectivity index (χ3v) is 5.99. The first-order valence-electron chi connectivity index (χ1n) is 11.1. The first kappa shape index (κ1) is 23.3. The molecule has 3 aromatic heterocycles. The fourth-order valence-corrected chi connectivity index (χ4v) is 4.31. The molecule has 1 aliphatic heterocycles. The van der Waals surface area contributed by atoms with Gasteiger partial charge in [0.05, 0.1) is 16.8 Å². The number of nitrogens with two attached hydrogens (primary N) is 1. The lowest BCUT2D eigenvalue weighted by atomic mass is 10.0. The average Bonchev–Trinajstić information content (AvgIpc) is 3.48. The van der Waals surface area contributed by atoms with E-state index < -0.39 is 11.7 Å². The minimum Gasteiger partial charge on any atom is -0.439 e. The number of rotatable bonds is 6. The monoisotopic (exact) mass is 494 g/mol. The van der Waals surface area contributed by atoms with Crippen LogP contribution < -0.4 is 10.5 Å². The van der Waals surface area contributed by atoms with Crippen LogP contribution in [0.5, 0.6) is 11.6 Å². The van der Waals surface area contributed by atoms with Gasteiger partial charge in [0.15, 0.2) is 0 Å². The zero-order valence-corrected chi connectivity index (χ0v) is 18.9.